The van der Waals surface area contributed by atoms with Gasteiger partial charge in [0.25, 0.3) is 0 Å². The fourth-order valence-corrected chi connectivity index (χ4v) is 3.29. The third kappa shape index (κ3) is 5.72. The van der Waals surface area contributed by atoms with Crippen LogP contribution < -0.4 is 16.4 Å². The van der Waals surface area contributed by atoms with Gasteiger partial charge in [0, 0.05) is 11.9 Å². The molecule has 4 N–H and O–H groups in total. The molecule has 32 heavy (non-hydrogen) atoms. The number of amides is 3. The first kappa shape index (κ1) is 22.5. The SMILES string of the molecule is CCOC(=O)c1ccn(-c2cccc(NC(=O)CC(NC(N)=O)c3ccccc3C)c2)n1. The summed E-state index contributed by atoms with van der Waals surface area (Å²) >= 11 is 0. The van der Waals surface area contributed by atoms with Crippen LogP contribution in [-0.4, -0.2) is 34.3 Å². The largest absolute Gasteiger partial charge is 0.461 e. The zero-order chi connectivity index (χ0) is 23.1. The molecule has 0 radical (unpaired) electrons. The van der Waals surface area contributed by atoms with Crippen molar-refractivity contribution < 1.29 is 19.1 Å². The van der Waals surface area contributed by atoms with Crippen molar-refractivity contribution in [1.82, 2.24) is 15.1 Å². The third-order valence-electron chi connectivity index (χ3n) is 4.74. The van der Waals surface area contributed by atoms with Crippen LogP contribution in [0.25, 0.3) is 5.69 Å². The predicted octanol–water partition coefficient (Wildman–Crippen LogP) is 3.10. The van der Waals surface area contributed by atoms with Gasteiger partial charge in [-0.3, -0.25) is 4.79 Å². The number of ether oxygens (including phenoxy) is 1. The van der Waals surface area contributed by atoms with Gasteiger partial charge in [0.1, 0.15) is 0 Å². The number of aryl methyl sites for hydroxylation is 1. The van der Waals surface area contributed by atoms with Gasteiger partial charge in [-0.15, -0.1) is 0 Å². The normalized spacial score (nSPS) is 11.4. The molecule has 0 aliphatic carbocycles. The molecule has 1 unspecified atom stereocenters. The van der Waals surface area contributed by atoms with Gasteiger partial charge in [0.15, 0.2) is 5.69 Å². The van der Waals surface area contributed by atoms with E-state index >= 15 is 0 Å². The quantitative estimate of drug-likeness (QED) is 0.468. The van der Waals surface area contributed by atoms with E-state index in [1.54, 1.807) is 43.5 Å². The first-order valence-electron chi connectivity index (χ1n) is 10.1. The number of nitrogens with one attached hydrogen (secondary N) is 2. The molecule has 0 spiro atoms. The standard InChI is InChI=1S/C23H25N5O4/c1-3-32-22(30)19-11-12-28(27-19)17-9-6-8-16(13-17)25-21(29)14-20(26-23(24)31)18-10-5-4-7-15(18)2/h4-13,20H,3,14H2,1-2H3,(H,25,29)(H3,24,26,31). The molecule has 1 atom stereocenters. The highest BCUT2D eigenvalue weighted by atomic mass is 16.5. The molecule has 0 bridgehead atoms. The topological polar surface area (TPSA) is 128 Å². The number of rotatable bonds is 8. The number of nitrogens with zero attached hydrogens (tertiary/aromatic N) is 2. The molecule has 166 valence electrons. The average Bonchev–Trinajstić information content (AvgIpc) is 3.24. The fraction of sp³-hybridized carbons (Fsp3) is 0.217. The second kappa shape index (κ2) is 10.3. The number of primary amides is 1. The van der Waals surface area contributed by atoms with Gasteiger partial charge in [0.05, 0.1) is 24.8 Å². The lowest BCUT2D eigenvalue weighted by molar-refractivity contribution is -0.116. The highest BCUT2D eigenvalue weighted by Gasteiger charge is 2.19. The number of nitrogens with two attached hydrogens (primary N) is 1. The molecule has 0 aliphatic rings. The van der Waals surface area contributed by atoms with E-state index in [9.17, 15) is 14.4 Å². The highest BCUT2D eigenvalue weighted by molar-refractivity contribution is 5.92. The molecule has 1 heterocycles. The van der Waals surface area contributed by atoms with Crippen LogP contribution in [0.3, 0.4) is 0 Å². The summed E-state index contributed by atoms with van der Waals surface area (Å²) in [6.07, 6.45) is 1.64. The summed E-state index contributed by atoms with van der Waals surface area (Å²) in [7, 11) is 0. The van der Waals surface area contributed by atoms with Gasteiger partial charge in [0.2, 0.25) is 5.91 Å². The van der Waals surface area contributed by atoms with Crippen molar-refractivity contribution >= 4 is 23.6 Å². The van der Waals surface area contributed by atoms with E-state index in [2.05, 4.69) is 15.7 Å². The van der Waals surface area contributed by atoms with E-state index in [1.165, 1.54) is 4.68 Å². The number of carbonyl (C=O) groups is 3. The Kier molecular flexibility index (Phi) is 7.22. The lowest BCUT2D eigenvalue weighted by Crippen LogP contribution is -2.35. The monoisotopic (exact) mass is 435 g/mol. The van der Waals surface area contributed by atoms with Gasteiger partial charge < -0.3 is 21.1 Å². The van der Waals surface area contributed by atoms with Crippen molar-refractivity contribution in [1.29, 1.82) is 0 Å². The van der Waals surface area contributed by atoms with E-state index in [-0.39, 0.29) is 24.6 Å². The molecule has 9 nitrogen and oxygen atoms in total. The summed E-state index contributed by atoms with van der Waals surface area (Å²) < 4.78 is 6.47. The van der Waals surface area contributed by atoms with Crippen LogP contribution in [0.15, 0.2) is 60.8 Å². The summed E-state index contributed by atoms with van der Waals surface area (Å²) in [5.41, 5.74) is 8.47. The molecule has 9 heteroatoms. The van der Waals surface area contributed by atoms with Crippen LogP contribution in [0, 0.1) is 6.92 Å². The van der Waals surface area contributed by atoms with E-state index < -0.39 is 18.0 Å². The minimum Gasteiger partial charge on any atom is -0.461 e. The van der Waals surface area contributed by atoms with Crippen molar-refractivity contribution in [3.63, 3.8) is 0 Å². The first-order chi connectivity index (χ1) is 15.4. The summed E-state index contributed by atoms with van der Waals surface area (Å²) in [4.78, 5) is 36.0. The number of benzene rings is 2. The van der Waals surface area contributed by atoms with Crippen LogP contribution in [0.5, 0.6) is 0 Å². The van der Waals surface area contributed by atoms with E-state index in [0.717, 1.165) is 11.1 Å². The number of hydrogen-bond acceptors (Lipinski definition) is 5. The van der Waals surface area contributed by atoms with Crippen molar-refractivity contribution in [3.05, 3.63) is 77.6 Å². The zero-order valence-electron chi connectivity index (χ0n) is 17.9. The highest BCUT2D eigenvalue weighted by Crippen LogP contribution is 2.22. The van der Waals surface area contributed by atoms with E-state index in [4.69, 9.17) is 10.5 Å². The molecule has 3 rings (SSSR count). The maximum atomic E-state index is 12.7. The number of anilines is 1. The minimum absolute atomic E-state index is 0.00674. The summed E-state index contributed by atoms with van der Waals surface area (Å²) in [5.74, 6) is -0.795. The Labute approximate surface area is 185 Å². The summed E-state index contributed by atoms with van der Waals surface area (Å²) in [6.45, 7) is 3.89. The Morgan fingerprint density at radius 2 is 1.91 bits per heavy atom. The molecule has 0 saturated heterocycles. The van der Waals surface area contributed by atoms with E-state index in [0.29, 0.717) is 11.4 Å². The van der Waals surface area contributed by atoms with Crippen molar-refractivity contribution in [2.24, 2.45) is 5.73 Å². The maximum Gasteiger partial charge on any atom is 0.358 e. The maximum absolute atomic E-state index is 12.7. The molecule has 0 fully saturated rings. The molecule has 0 aliphatic heterocycles. The lowest BCUT2D eigenvalue weighted by Gasteiger charge is -2.19. The second-order valence-corrected chi connectivity index (χ2v) is 7.09. The third-order valence-corrected chi connectivity index (χ3v) is 4.74. The van der Waals surface area contributed by atoms with Gasteiger partial charge >= 0.3 is 12.0 Å². The van der Waals surface area contributed by atoms with Gasteiger partial charge in [-0.25, -0.2) is 14.3 Å². The van der Waals surface area contributed by atoms with Crippen molar-refractivity contribution in [2.75, 3.05) is 11.9 Å². The lowest BCUT2D eigenvalue weighted by atomic mass is 9.98. The fourth-order valence-electron chi connectivity index (χ4n) is 3.29. The molecular formula is C23H25N5O4. The average molecular weight is 435 g/mol. The van der Waals surface area contributed by atoms with Crippen molar-refractivity contribution in [2.45, 2.75) is 26.3 Å². The first-order valence-corrected chi connectivity index (χ1v) is 10.1. The van der Waals surface area contributed by atoms with Crippen LogP contribution in [-0.2, 0) is 9.53 Å². The van der Waals surface area contributed by atoms with Gasteiger partial charge in [-0.05, 0) is 49.2 Å². The molecule has 2 aromatic carbocycles. The molecule has 0 saturated carbocycles. The van der Waals surface area contributed by atoms with E-state index in [1.807, 2.05) is 31.2 Å². The Morgan fingerprint density at radius 3 is 2.62 bits per heavy atom. The number of aromatic nitrogens is 2. The van der Waals surface area contributed by atoms with Gasteiger partial charge in [-0.1, -0.05) is 30.3 Å². The van der Waals surface area contributed by atoms with Crippen LogP contribution in [0.2, 0.25) is 0 Å². The second-order valence-electron chi connectivity index (χ2n) is 7.09. The number of hydrogen-bond donors (Lipinski definition) is 3. The summed E-state index contributed by atoms with van der Waals surface area (Å²) in [5, 5.41) is 9.68. The molecule has 3 aromatic rings. The van der Waals surface area contributed by atoms with Gasteiger partial charge in [-0.2, -0.15) is 5.10 Å². The number of carbonyl (C=O) groups excluding carboxylic acids is 3. The molecule has 1 aromatic heterocycles. The number of urea groups is 1. The minimum atomic E-state index is -0.705. The molecule has 3 amide bonds. The van der Waals surface area contributed by atoms with Crippen LogP contribution in [0.1, 0.15) is 41.0 Å². The smallest absolute Gasteiger partial charge is 0.358 e. The van der Waals surface area contributed by atoms with Crippen molar-refractivity contribution in [3.8, 4) is 5.69 Å². The Morgan fingerprint density at radius 1 is 1.12 bits per heavy atom. The summed E-state index contributed by atoms with van der Waals surface area (Å²) in [6, 6.07) is 14.8. The number of esters is 1. The molecular weight excluding hydrogens is 410 g/mol. The van der Waals surface area contributed by atoms with Crippen LogP contribution >= 0.6 is 0 Å². The Balaban J connectivity index is 1.73. The Hall–Kier alpha value is -4.14. The zero-order valence-corrected chi connectivity index (χ0v) is 17.9. The Bertz CT molecular complexity index is 1120. The predicted molar refractivity (Wildman–Crippen MR) is 119 cm³/mol. The van der Waals surface area contributed by atoms with Crippen LogP contribution in [0.4, 0.5) is 10.5 Å².